The third kappa shape index (κ3) is 5.25. The molecule has 0 unspecified atom stereocenters. The minimum atomic E-state index is -0.264. The van der Waals surface area contributed by atoms with Crippen LogP contribution in [0.2, 0.25) is 0 Å². The molecule has 0 saturated carbocycles. The molecule has 3 rings (SSSR count). The van der Waals surface area contributed by atoms with Crippen LogP contribution in [-0.2, 0) is 0 Å². The number of nitrogens with one attached hydrogen (secondary N) is 1. The van der Waals surface area contributed by atoms with Crippen molar-refractivity contribution in [1.82, 2.24) is 15.1 Å². The first-order valence-corrected chi connectivity index (χ1v) is 9.70. The summed E-state index contributed by atoms with van der Waals surface area (Å²) in [6, 6.07) is 11.6. The Morgan fingerprint density at radius 2 is 1.69 bits per heavy atom. The van der Waals surface area contributed by atoms with Crippen LogP contribution in [0.25, 0.3) is 0 Å². The summed E-state index contributed by atoms with van der Waals surface area (Å²) in [7, 11) is 5.20. The number of carbonyl (C=O) groups is 1. The third-order valence-corrected chi connectivity index (χ3v) is 5.34. The molecule has 1 N–H and O–H groups in total. The summed E-state index contributed by atoms with van der Waals surface area (Å²) < 4.78 is 23.9. The SMILES string of the molecule is COc1ccc(C(=O)NC[C@@H](c2ccc(F)cc2)N2CCN(C)CC2)cc1OC. The average Bonchev–Trinajstić information content (AvgIpc) is 2.75. The maximum atomic E-state index is 13.4. The first-order chi connectivity index (χ1) is 14.0. The Bertz CT molecular complexity index is 821. The van der Waals surface area contributed by atoms with E-state index in [4.69, 9.17) is 9.47 Å². The molecule has 1 aliphatic heterocycles. The van der Waals surface area contributed by atoms with Crippen LogP contribution in [0.5, 0.6) is 11.5 Å². The molecule has 29 heavy (non-hydrogen) atoms. The maximum Gasteiger partial charge on any atom is 0.251 e. The highest BCUT2D eigenvalue weighted by Gasteiger charge is 2.25. The van der Waals surface area contributed by atoms with Crippen molar-refractivity contribution in [2.75, 3.05) is 54.0 Å². The van der Waals surface area contributed by atoms with Gasteiger partial charge in [-0.25, -0.2) is 4.39 Å². The Morgan fingerprint density at radius 3 is 2.31 bits per heavy atom. The summed E-state index contributed by atoms with van der Waals surface area (Å²) in [5.41, 5.74) is 1.49. The van der Waals surface area contributed by atoms with Gasteiger partial charge in [-0.15, -0.1) is 0 Å². The van der Waals surface area contributed by atoms with Gasteiger partial charge in [0.25, 0.3) is 5.91 Å². The molecule has 0 aliphatic carbocycles. The summed E-state index contributed by atoms with van der Waals surface area (Å²) in [6.45, 7) is 4.14. The van der Waals surface area contributed by atoms with Crippen LogP contribution in [0, 0.1) is 5.82 Å². The van der Waals surface area contributed by atoms with E-state index >= 15 is 0 Å². The van der Waals surface area contributed by atoms with Crippen LogP contribution in [0.4, 0.5) is 4.39 Å². The Labute approximate surface area is 171 Å². The lowest BCUT2D eigenvalue weighted by Gasteiger charge is -2.38. The highest BCUT2D eigenvalue weighted by molar-refractivity contribution is 5.94. The van der Waals surface area contributed by atoms with Crippen LogP contribution in [0.15, 0.2) is 42.5 Å². The summed E-state index contributed by atoms with van der Waals surface area (Å²) in [6.07, 6.45) is 0. The number of hydrogen-bond acceptors (Lipinski definition) is 5. The van der Waals surface area contributed by atoms with Crippen molar-refractivity contribution in [3.63, 3.8) is 0 Å². The van der Waals surface area contributed by atoms with Crippen LogP contribution in [-0.4, -0.2) is 69.7 Å². The molecular formula is C22H28FN3O3. The fourth-order valence-electron chi connectivity index (χ4n) is 3.55. The predicted octanol–water partition coefficient (Wildman–Crippen LogP) is 2.56. The zero-order valence-electron chi connectivity index (χ0n) is 17.2. The number of methoxy groups -OCH3 is 2. The van der Waals surface area contributed by atoms with Gasteiger partial charge in [-0.2, -0.15) is 0 Å². The van der Waals surface area contributed by atoms with Crippen LogP contribution < -0.4 is 14.8 Å². The molecule has 1 amide bonds. The number of piperazine rings is 1. The number of nitrogens with zero attached hydrogens (tertiary/aromatic N) is 2. The molecule has 1 fully saturated rings. The molecular weight excluding hydrogens is 373 g/mol. The second kappa shape index (κ2) is 9.71. The number of benzene rings is 2. The van der Waals surface area contributed by atoms with Crippen molar-refractivity contribution < 1.29 is 18.7 Å². The van der Waals surface area contributed by atoms with Crippen LogP contribution >= 0.6 is 0 Å². The number of likely N-dealkylation sites (N-methyl/N-ethyl adjacent to an activating group) is 1. The maximum absolute atomic E-state index is 13.4. The normalized spacial score (nSPS) is 16.3. The fourth-order valence-corrected chi connectivity index (χ4v) is 3.55. The van der Waals surface area contributed by atoms with Gasteiger partial charge < -0.3 is 19.7 Å². The van der Waals surface area contributed by atoms with E-state index in [1.807, 2.05) is 0 Å². The van der Waals surface area contributed by atoms with Crippen molar-refractivity contribution in [2.45, 2.75) is 6.04 Å². The quantitative estimate of drug-likeness (QED) is 0.773. The number of halogens is 1. The van der Waals surface area contributed by atoms with Gasteiger partial charge in [-0.3, -0.25) is 9.69 Å². The van der Waals surface area contributed by atoms with E-state index in [1.54, 1.807) is 37.4 Å². The van der Waals surface area contributed by atoms with E-state index in [0.29, 0.717) is 23.6 Å². The van der Waals surface area contributed by atoms with Crippen molar-refractivity contribution >= 4 is 5.91 Å². The molecule has 2 aromatic rings. The Balaban J connectivity index is 1.74. The van der Waals surface area contributed by atoms with E-state index in [-0.39, 0.29) is 17.8 Å². The number of hydrogen-bond donors (Lipinski definition) is 1. The molecule has 6 nitrogen and oxygen atoms in total. The second-order valence-corrected chi connectivity index (χ2v) is 7.19. The molecule has 1 atom stereocenters. The second-order valence-electron chi connectivity index (χ2n) is 7.19. The average molecular weight is 401 g/mol. The Kier molecular flexibility index (Phi) is 7.06. The molecule has 1 saturated heterocycles. The molecule has 0 bridgehead atoms. The van der Waals surface area contributed by atoms with Gasteiger partial charge in [0.05, 0.1) is 20.3 Å². The highest BCUT2D eigenvalue weighted by Crippen LogP contribution is 2.28. The third-order valence-electron chi connectivity index (χ3n) is 5.34. The summed E-state index contributed by atoms with van der Waals surface area (Å²) >= 11 is 0. The van der Waals surface area contributed by atoms with Gasteiger partial charge in [-0.1, -0.05) is 12.1 Å². The predicted molar refractivity (Wildman–Crippen MR) is 110 cm³/mol. The zero-order valence-corrected chi connectivity index (χ0v) is 17.2. The number of ether oxygens (including phenoxy) is 2. The van der Waals surface area contributed by atoms with E-state index in [1.165, 1.54) is 19.2 Å². The smallest absolute Gasteiger partial charge is 0.251 e. The van der Waals surface area contributed by atoms with Gasteiger partial charge in [0.2, 0.25) is 0 Å². The van der Waals surface area contributed by atoms with Gasteiger partial charge in [0, 0.05) is 38.3 Å². The lowest BCUT2D eigenvalue weighted by atomic mass is 10.0. The molecule has 2 aromatic carbocycles. The van der Waals surface area contributed by atoms with Crippen molar-refractivity contribution in [2.24, 2.45) is 0 Å². The summed E-state index contributed by atoms with van der Waals surface area (Å²) in [4.78, 5) is 17.4. The van der Waals surface area contributed by atoms with Crippen LogP contribution in [0.1, 0.15) is 22.0 Å². The van der Waals surface area contributed by atoms with Gasteiger partial charge in [0.15, 0.2) is 11.5 Å². The minimum absolute atomic E-state index is 0.0200. The minimum Gasteiger partial charge on any atom is -0.493 e. The lowest BCUT2D eigenvalue weighted by molar-refractivity contribution is 0.0886. The number of amides is 1. The molecule has 1 aliphatic rings. The van der Waals surface area contributed by atoms with E-state index in [0.717, 1.165) is 31.7 Å². The van der Waals surface area contributed by atoms with E-state index in [9.17, 15) is 9.18 Å². The van der Waals surface area contributed by atoms with Crippen molar-refractivity contribution in [3.05, 3.63) is 59.4 Å². The molecule has 0 aromatic heterocycles. The molecule has 7 heteroatoms. The summed E-state index contributed by atoms with van der Waals surface area (Å²) in [5, 5.41) is 3.03. The lowest BCUT2D eigenvalue weighted by Crippen LogP contribution is -2.48. The van der Waals surface area contributed by atoms with Crippen molar-refractivity contribution in [1.29, 1.82) is 0 Å². The zero-order chi connectivity index (χ0) is 20.8. The van der Waals surface area contributed by atoms with E-state index in [2.05, 4.69) is 22.2 Å². The Hall–Kier alpha value is -2.64. The van der Waals surface area contributed by atoms with Gasteiger partial charge >= 0.3 is 0 Å². The molecule has 0 radical (unpaired) electrons. The standard InChI is InChI=1S/C22H28FN3O3/c1-25-10-12-26(13-11-25)19(16-4-7-18(23)8-5-16)15-24-22(27)17-6-9-20(28-2)21(14-17)29-3/h4-9,14,19H,10-13,15H2,1-3H3,(H,24,27)/t19-/m0/s1. The van der Waals surface area contributed by atoms with Crippen molar-refractivity contribution in [3.8, 4) is 11.5 Å². The van der Waals surface area contributed by atoms with Crippen LogP contribution in [0.3, 0.4) is 0 Å². The van der Waals surface area contributed by atoms with E-state index < -0.39 is 0 Å². The summed E-state index contributed by atoms with van der Waals surface area (Å²) in [5.74, 6) is 0.632. The molecule has 1 heterocycles. The molecule has 156 valence electrons. The number of rotatable bonds is 7. The fraction of sp³-hybridized carbons (Fsp3) is 0.409. The first-order valence-electron chi connectivity index (χ1n) is 9.70. The topological polar surface area (TPSA) is 54.0 Å². The number of carbonyl (C=O) groups excluding carboxylic acids is 1. The Morgan fingerprint density at radius 1 is 1.03 bits per heavy atom. The monoisotopic (exact) mass is 401 g/mol. The van der Waals surface area contributed by atoms with Gasteiger partial charge in [-0.05, 0) is 42.9 Å². The van der Waals surface area contributed by atoms with Gasteiger partial charge in [0.1, 0.15) is 5.82 Å². The first kappa shape index (κ1) is 21.1. The largest absolute Gasteiger partial charge is 0.493 e. The molecule has 0 spiro atoms. The highest BCUT2D eigenvalue weighted by atomic mass is 19.1.